The molecular weight excluding hydrogens is 283 g/mol. The molecule has 0 aromatic heterocycles. The van der Waals surface area contributed by atoms with Gasteiger partial charge in [0, 0.05) is 13.0 Å². The van der Waals surface area contributed by atoms with E-state index < -0.39 is 34.3 Å². The van der Waals surface area contributed by atoms with Crippen molar-refractivity contribution in [2.75, 3.05) is 24.6 Å². The number of sulfone groups is 1. The predicted molar refractivity (Wildman–Crippen MR) is 67.7 cm³/mol. The average molecular weight is 305 g/mol. The van der Waals surface area contributed by atoms with Gasteiger partial charge in [-0.2, -0.15) is 13.2 Å². The third-order valence-corrected chi connectivity index (χ3v) is 4.24. The molecule has 0 saturated heterocycles. The Hall–Kier alpha value is -0.340. The van der Waals surface area contributed by atoms with Gasteiger partial charge in [-0.05, 0) is 32.7 Å². The van der Waals surface area contributed by atoms with Crippen molar-refractivity contribution in [3.63, 3.8) is 0 Å². The maximum Gasteiger partial charge on any atom is 0.389 e. The van der Waals surface area contributed by atoms with Crippen LogP contribution < -0.4 is 5.32 Å². The maximum absolute atomic E-state index is 11.9. The van der Waals surface area contributed by atoms with Crippen molar-refractivity contribution < 1.29 is 26.7 Å². The second kappa shape index (κ2) is 8.76. The smallest absolute Gasteiger partial charge is 0.389 e. The van der Waals surface area contributed by atoms with Crippen molar-refractivity contribution in [3.05, 3.63) is 0 Å². The summed E-state index contributed by atoms with van der Waals surface area (Å²) >= 11 is 0. The van der Waals surface area contributed by atoms with Crippen LogP contribution in [0.25, 0.3) is 0 Å². The Kier molecular flexibility index (Phi) is 8.60. The molecule has 0 saturated carbocycles. The van der Waals surface area contributed by atoms with Crippen LogP contribution in [0.5, 0.6) is 0 Å². The Morgan fingerprint density at radius 2 is 1.74 bits per heavy atom. The van der Waals surface area contributed by atoms with Gasteiger partial charge in [0.2, 0.25) is 0 Å². The summed E-state index contributed by atoms with van der Waals surface area (Å²) < 4.78 is 58.5. The van der Waals surface area contributed by atoms with Crippen molar-refractivity contribution in [2.45, 2.75) is 44.9 Å². The molecule has 0 aliphatic heterocycles. The fourth-order valence-corrected chi connectivity index (χ4v) is 2.91. The van der Waals surface area contributed by atoms with E-state index in [9.17, 15) is 21.6 Å². The van der Waals surface area contributed by atoms with Gasteiger partial charge in [-0.1, -0.05) is 0 Å². The van der Waals surface area contributed by atoms with Gasteiger partial charge in [0.1, 0.15) is 9.84 Å². The summed E-state index contributed by atoms with van der Waals surface area (Å²) in [7, 11) is -3.38. The fraction of sp³-hybridized carbons (Fsp3) is 1.00. The molecule has 2 N–H and O–H groups in total. The van der Waals surface area contributed by atoms with Crippen molar-refractivity contribution in [1.82, 2.24) is 5.32 Å². The zero-order chi connectivity index (χ0) is 14.9. The monoisotopic (exact) mass is 305 g/mol. The van der Waals surface area contributed by atoms with E-state index in [2.05, 4.69) is 5.32 Å². The van der Waals surface area contributed by atoms with Crippen LogP contribution in [-0.4, -0.2) is 50.4 Å². The molecule has 0 aliphatic rings. The van der Waals surface area contributed by atoms with E-state index >= 15 is 0 Å². The van der Waals surface area contributed by atoms with Gasteiger partial charge in [0.05, 0.1) is 17.6 Å². The number of hydrogen-bond acceptors (Lipinski definition) is 4. The minimum atomic E-state index is -4.29. The molecule has 0 heterocycles. The molecule has 0 aromatic carbocycles. The van der Waals surface area contributed by atoms with Crippen molar-refractivity contribution in [3.8, 4) is 0 Å². The van der Waals surface area contributed by atoms with E-state index in [1.807, 2.05) is 0 Å². The molecule has 4 nitrogen and oxygen atoms in total. The molecular formula is C11H22F3NO3S. The number of nitrogens with one attached hydrogen (secondary N) is 1. The lowest BCUT2D eigenvalue weighted by Crippen LogP contribution is -2.25. The van der Waals surface area contributed by atoms with Crippen LogP contribution in [0.3, 0.4) is 0 Å². The number of unbranched alkanes of at least 4 members (excludes halogenated alkanes) is 1. The summed E-state index contributed by atoms with van der Waals surface area (Å²) in [6.07, 6.45) is -5.13. The van der Waals surface area contributed by atoms with Gasteiger partial charge in [-0.25, -0.2) is 8.42 Å². The standard InChI is InChI=1S/C11H22F3NO3S/c1-10(16)9-15-6-2-3-7-19(17,18)8-4-5-11(12,13)14/h10,15-16H,2-9H2,1H3/t10-/m0/s1. The SMILES string of the molecule is C[C@H](O)CNCCCCS(=O)(=O)CCCC(F)(F)F. The van der Waals surface area contributed by atoms with Gasteiger partial charge in [0.25, 0.3) is 0 Å². The van der Waals surface area contributed by atoms with E-state index in [0.29, 0.717) is 25.9 Å². The maximum atomic E-state index is 11.9. The van der Waals surface area contributed by atoms with Crippen molar-refractivity contribution >= 4 is 9.84 Å². The lowest BCUT2D eigenvalue weighted by molar-refractivity contribution is -0.134. The Balaban J connectivity index is 3.63. The average Bonchev–Trinajstić information content (AvgIpc) is 2.20. The molecule has 19 heavy (non-hydrogen) atoms. The molecule has 0 aromatic rings. The zero-order valence-electron chi connectivity index (χ0n) is 11.0. The summed E-state index contributed by atoms with van der Waals surface area (Å²) in [4.78, 5) is 0. The second-order valence-electron chi connectivity index (χ2n) is 4.63. The number of aliphatic hydroxyl groups is 1. The normalized spacial score (nSPS) is 14.6. The molecule has 0 spiro atoms. The van der Waals surface area contributed by atoms with Crippen LogP contribution in [0.4, 0.5) is 13.2 Å². The van der Waals surface area contributed by atoms with Gasteiger partial charge < -0.3 is 10.4 Å². The van der Waals surface area contributed by atoms with E-state index in [0.717, 1.165) is 0 Å². The highest BCUT2D eigenvalue weighted by Gasteiger charge is 2.27. The topological polar surface area (TPSA) is 66.4 Å². The van der Waals surface area contributed by atoms with Crippen LogP contribution in [0.2, 0.25) is 0 Å². The van der Waals surface area contributed by atoms with E-state index in [1.165, 1.54) is 0 Å². The molecule has 0 amide bonds. The highest BCUT2D eigenvalue weighted by atomic mass is 32.2. The number of rotatable bonds is 10. The number of alkyl halides is 3. The Labute approximate surface area is 112 Å². The van der Waals surface area contributed by atoms with Crippen molar-refractivity contribution in [2.24, 2.45) is 0 Å². The van der Waals surface area contributed by atoms with E-state index in [-0.39, 0.29) is 12.2 Å². The molecule has 0 fully saturated rings. The van der Waals surface area contributed by atoms with E-state index in [1.54, 1.807) is 6.92 Å². The van der Waals surface area contributed by atoms with Crippen LogP contribution in [0.15, 0.2) is 0 Å². The lowest BCUT2D eigenvalue weighted by Gasteiger charge is -2.08. The lowest BCUT2D eigenvalue weighted by atomic mass is 10.3. The Morgan fingerprint density at radius 3 is 2.26 bits per heavy atom. The van der Waals surface area contributed by atoms with Gasteiger partial charge in [-0.3, -0.25) is 0 Å². The predicted octanol–water partition coefficient (Wildman–Crippen LogP) is 1.49. The quantitative estimate of drug-likeness (QED) is 0.600. The zero-order valence-corrected chi connectivity index (χ0v) is 11.9. The minimum absolute atomic E-state index is 0.0821. The van der Waals surface area contributed by atoms with Gasteiger partial charge >= 0.3 is 6.18 Å². The first kappa shape index (κ1) is 18.7. The molecule has 0 rings (SSSR count). The van der Waals surface area contributed by atoms with E-state index in [4.69, 9.17) is 5.11 Å². The summed E-state index contributed by atoms with van der Waals surface area (Å²) in [5, 5.41) is 11.9. The molecule has 0 bridgehead atoms. The first-order valence-electron chi connectivity index (χ1n) is 6.28. The highest BCUT2D eigenvalue weighted by Crippen LogP contribution is 2.21. The third kappa shape index (κ3) is 13.9. The first-order chi connectivity index (χ1) is 8.62. The summed E-state index contributed by atoms with van der Waals surface area (Å²) in [6, 6.07) is 0. The third-order valence-electron chi connectivity index (χ3n) is 2.41. The molecule has 116 valence electrons. The number of hydrogen-bond donors (Lipinski definition) is 2. The first-order valence-corrected chi connectivity index (χ1v) is 8.10. The number of aliphatic hydroxyl groups excluding tert-OH is 1. The molecule has 8 heteroatoms. The fourth-order valence-electron chi connectivity index (χ4n) is 1.48. The Morgan fingerprint density at radius 1 is 1.16 bits per heavy atom. The molecule has 0 radical (unpaired) electrons. The Bertz CT molecular complexity index is 329. The van der Waals surface area contributed by atoms with Crippen LogP contribution in [0.1, 0.15) is 32.6 Å². The van der Waals surface area contributed by atoms with Crippen LogP contribution >= 0.6 is 0 Å². The number of halogens is 3. The minimum Gasteiger partial charge on any atom is -0.392 e. The van der Waals surface area contributed by atoms with Crippen LogP contribution in [-0.2, 0) is 9.84 Å². The largest absolute Gasteiger partial charge is 0.392 e. The second-order valence-corrected chi connectivity index (χ2v) is 6.93. The summed E-state index contributed by atoms with van der Waals surface area (Å²) in [5.41, 5.74) is 0. The summed E-state index contributed by atoms with van der Waals surface area (Å²) in [6.45, 7) is 2.67. The van der Waals surface area contributed by atoms with Gasteiger partial charge in [-0.15, -0.1) is 0 Å². The van der Waals surface area contributed by atoms with Crippen LogP contribution in [0, 0.1) is 0 Å². The molecule has 0 unspecified atom stereocenters. The molecule has 1 atom stereocenters. The highest BCUT2D eigenvalue weighted by molar-refractivity contribution is 7.91. The van der Waals surface area contributed by atoms with Crippen molar-refractivity contribution in [1.29, 1.82) is 0 Å². The summed E-state index contributed by atoms with van der Waals surface area (Å²) in [5.74, 6) is -0.491. The van der Waals surface area contributed by atoms with Gasteiger partial charge in [0.15, 0.2) is 0 Å². The molecule has 0 aliphatic carbocycles.